The van der Waals surface area contributed by atoms with E-state index in [0.29, 0.717) is 0 Å². The van der Waals surface area contributed by atoms with E-state index in [1.54, 1.807) is 0 Å². The number of pyridine rings is 1. The van der Waals surface area contributed by atoms with Crippen molar-refractivity contribution in [3.8, 4) is 0 Å². The van der Waals surface area contributed by atoms with Crippen molar-refractivity contribution in [2.24, 2.45) is 0 Å². The zero-order valence-corrected chi connectivity index (χ0v) is 9.70. The van der Waals surface area contributed by atoms with Gasteiger partial charge in [-0.1, -0.05) is 30.3 Å². The third-order valence-corrected chi connectivity index (χ3v) is 2.78. The summed E-state index contributed by atoms with van der Waals surface area (Å²) in [5, 5.41) is 3.36. The number of anilines is 1. The van der Waals surface area contributed by atoms with E-state index in [2.05, 4.69) is 36.3 Å². The van der Waals surface area contributed by atoms with Crippen LogP contribution in [0.25, 0.3) is 0 Å². The minimum absolute atomic E-state index is 0.818. The average molecular weight is 212 g/mol. The lowest BCUT2D eigenvalue weighted by Crippen LogP contribution is -2.03. The third kappa shape index (κ3) is 2.40. The van der Waals surface area contributed by atoms with Gasteiger partial charge in [0.25, 0.3) is 0 Å². The van der Waals surface area contributed by atoms with E-state index in [-0.39, 0.29) is 0 Å². The maximum atomic E-state index is 4.34. The first-order valence-electron chi connectivity index (χ1n) is 5.47. The van der Waals surface area contributed by atoms with Crippen LogP contribution in [-0.4, -0.2) is 4.98 Å². The second-order valence-corrected chi connectivity index (χ2v) is 3.94. The predicted molar refractivity (Wildman–Crippen MR) is 67.5 cm³/mol. The second-order valence-electron chi connectivity index (χ2n) is 3.94. The fourth-order valence-electron chi connectivity index (χ4n) is 1.59. The Hall–Kier alpha value is -1.83. The lowest BCUT2D eigenvalue weighted by molar-refractivity contribution is 1.09. The van der Waals surface area contributed by atoms with Crippen LogP contribution in [0.2, 0.25) is 0 Å². The summed E-state index contributed by atoms with van der Waals surface area (Å²) in [6.07, 6.45) is 1.84. The van der Waals surface area contributed by atoms with Crippen LogP contribution >= 0.6 is 0 Å². The van der Waals surface area contributed by atoms with Gasteiger partial charge in [-0.25, -0.2) is 4.98 Å². The van der Waals surface area contributed by atoms with Gasteiger partial charge in [0, 0.05) is 12.7 Å². The molecule has 2 heteroatoms. The SMILES string of the molecule is Cc1ccnc(NCc2ccccc2)c1C. The standard InChI is InChI=1S/C14H16N2/c1-11-8-9-15-14(12(11)2)16-10-13-6-4-3-5-7-13/h3-9H,10H2,1-2H3,(H,15,16). The highest BCUT2D eigenvalue weighted by atomic mass is 15.0. The molecule has 1 aromatic carbocycles. The first-order chi connectivity index (χ1) is 7.77. The van der Waals surface area contributed by atoms with Crippen LogP contribution in [-0.2, 0) is 6.54 Å². The molecule has 2 aromatic rings. The van der Waals surface area contributed by atoms with E-state index < -0.39 is 0 Å². The molecule has 16 heavy (non-hydrogen) atoms. The number of benzene rings is 1. The molecule has 2 nitrogen and oxygen atoms in total. The van der Waals surface area contributed by atoms with Crippen molar-refractivity contribution in [3.63, 3.8) is 0 Å². The van der Waals surface area contributed by atoms with E-state index in [4.69, 9.17) is 0 Å². The van der Waals surface area contributed by atoms with Gasteiger partial charge in [0.15, 0.2) is 0 Å². The van der Waals surface area contributed by atoms with Crippen LogP contribution in [0.4, 0.5) is 5.82 Å². The third-order valence-electron chi connectivity index (χ3n) is 2.78. The lowest BCUT2D eigenvalue weighted by Gasteiger charge is -2.09. The molecule has 0 aliphatic rings. The molecular formula is C14H16N2. The minimum atomic E-state index is 0.818. The van der Waals surface area contributed by atoms with Crippen LogP contribution < -0.4 is 5.32 Å². The number of hydrogen-bond donors (Lipinski definition) is 1. The molecular weight excluding hydrogens is 196 g/mol. The van der Waals surface area contributed by atoms with Crippen LogP contribution in [0.15, 0.2) is 42.6 Å². The highest BCUT2D eigenvalue weighted by molar-refractivity contribution is 5.47. The Morgan fingerprint density at radius 1 is 1.06 bits per heavy atom. The molecule has 0 atom stereocenters. The summed E-state index contributed by atoms with van der Waals surface area (Å²) in [7, 11) is 0. The maximum absolute atomic E-state index is 4.34. The summed E-state index contributed by atoms with van der Waals surface area (Å²) in [5.41, 5.74) is 3.76. The molecule has 0 fully saturated rings. The fourth-order valence-corrected chi connectivity index (χ4v) is 1.59. The first-order valence-corrected chi connectivity index (χ1v) is 5.47. The van der Waals surface area contributed by atoms with Crippen molar-refractivity contribution in [2.45, 2.75) is 20.4 Å². The van der Waals surface area contributed by atoms with Crippen LogP contribution in [0.3, 0.4) is 0 Å². The summed E-state index contributed by atoms with van der Waals surface area (Å²) in [6, 6.07) is 12.4. The van der Waals surface area contributed by atoms with Gasteiger partial charge in [-0.2, -0.15) is 0 Å². The zero-order valence-electron chi connectivity index (χ0n) is 9.70. The Morgan fingerprint density at radius 2 is 1.81 bits per heavy atom. The van der Waals surface area contributed by atoms with Crippen LogP contribution in [0.5, 0.6) is 0 Å². The number of hydrogen-bond acceptors (Lipinski definition) is 2. The van der Waals surface area contributed by atoms with Crippen molar-refractivity contribution < 1.29 is 0 Å². The Labute approximate surface area is 96.4 Å². The first kappa shape index (κ1) is 10.7. The van der Waals surface area contributed by atoms with Gasteiger partial charge < -0.3 is 5.32 Å². The van der Waals surface area contributed by atoms with Gasteiger partial charge in [0.05, 0.1) is 0 Å². The van der Waals surface area contributed by atoms with E-state index in [1.165, 1.54) is 16.7 Å². The van der Waals surface area contributed by atoms with Gasteiger partial charge >= 0.3 is 0 Å². The van der Waals surface area contributed by atoms with Crippen molar-refractivity contribution in [1.29, 1.82) is 0 Å². The van der Waals surface area contributed by atoms with E-state index in [1.807, 2.05) is 30.5 Å². The zero-order chi connectivity index (χ0) is 11.4. The van der Waals surface area contributed by atoms with Crippen molar-refractivity contribution in [1.82, 2.24) is 4.98 Å². The molecule has 0 radical (unpaired) electrons. The quantitative estimate of drug-likeness (QED) is 0.844. The Morgan fingerprint density at radius 3 is 2.56 bits per heavy atom. The van der Waals surface area contributed by atoms with Crippen molar-refractivity contribution in [2.75, 3.05) is 5.32 Å². The Bertz CT molecular complexity index is 463. The number of aryl methyl sites for hydroxylation is 1. The van der Waals surface area contributed by atoms with Gasteiger partial charge in [0.1, 0.15) is 5.82 Å². The molecule has 0 spiro atoms. The second kappa shape index (κ2) is 4.79. The Kier molecular flexibility index (Phi) is 3.20. The van der Waals surface area contributed by atoms with E-state index >= 15 is 0 Å². The molecule has 0 saturated heterocycles. The summed E-state index contributed by atoms with van der Waals surface area (Å²) in [6.45, 7) is 5.01. The minimum Gasteiger partial charge on any atom is -0.366 e. The van der Waals surface area contributed by atoms with Gasteiger partial charge in [0.2, 0.25) is 0 Å². The molecule has 0 aliphatic carbocycles. The molecule has 0 amide bonds. The summed E-state index contributed by atoms with van der Waals surface area (Å²) in [5.74, 6) is 0.976. The van der Waals surface area contributed by atoms with Gasteiger partial charge in [-0.3, -0.25) is 0 Å². The molecule has 0 aliphatic heterocycles. The number of nitrogens with zero attached hydrogens (tertiary/aromatic N) is 1. The van der Waals surface area contributed by atoms with Gasteiger partial charge in [-0.15, -0.1) is 0 Å². The monoisotopic (exact) mass is 212 g/mol. The fraction of sp³-hybridized carbons (Fsp3) is 0.214. The molecule has 1 aromatic heterocycles. The smallest absolute Gasteiger partial charge is 0.129 e. The largest absolute Gasteiger partial charge is 0.366 e. The number of nitrogens with one attached hydrogen (secondary N) is 1. The molecule has 1 heterocycles. The summed E-state index contributed by atoms with van der Waals surface area (Å²) < 4.78 is 0. The molecule has 0 saturated carbocycles. The molecule has 82 valence electrons. The highest BCUT2D eigenvalue weighted by Gasteiger charge is 2.01. The maximum Gasteiger partial charge on any atom is 0.129 e. The average Bonchev–Trinajstić information content (AvgIpc) is 2.32. The molecule has 0 bridgehead atoms. The number of rotatable bonds is 3. The predicted octanol–water partition coefficient (Wildman–Crippen LogP) is 3.31. The van der Waals surface area contributed by atoms with Crippen LogP contribution in [0, 0.1) is 13.8 Å². The Balaban J connectivity index is 2.08. The molecule has 2 rings (SSSR count). The van der Waals surface area contributed by atoms with Crippen molar-refractivity contribution >= 4 is 5.82 Å². The normalized spacial score (nSPS) is 10.1. The highest BCUT2D eigenvalue weighted by Crippen LogP contribution is 2.15. The number of aromatic nitrogens is 1. The lowest BCUT2D eigenvalue weighted by atomic mass is 10.1. The molecule has 1 N–H and O–H groups in total. The van der Waals surface area contributed by atoms with Gasteiger partial charge in [-0.05, 0) is 36.6 Å². The van der Waals surface area contributed by atoms with Crippen LogP contribution in [0.1, 0.15) is 16.7 Å². The van der Waals surface area contributed by atoms with E-state index in [0.717, 1.165) is 12.4 Å². The van der Waals surface area contributed by atoms with E-state index in [9.17, 15) is 0 Å². The summed E-state index contributed by atoms with van der Waals surface area (Å²) in [4.78, 5) is 4.34. The topological polar surface area (TPSA) is 24.9 Å². The molecule has 0 unspecified atom stereocenters. The summed E-state index contributed by atoms with van der Waals surface area (Å²) >= 11 is 0. The van der Waals surface area contributed by atoms with Crippen molar-refractivity contribution in [3.05, 3.63) is 59.3 Å².